The van der Waals surface area contributed by atoms with E-state index in [1.54, 1.807) is 0 Å². The normalized spacial score (nSPS) is 11.7. The zero-order valence-corrected chi connectivity index (χ0v) is 32.7. The van der Waals surface area contributed by atoms with E-state index in [1.165, 1.54) is 54.6 Å². The number of hydrogen-bond acceptors (Lipinski definition) is 2. The lowest BCUT2D eigenvalue weighted by Crippen LogP contribution is -1.90. The van der Waals surface area contributed by atoms with Crippen molar-refractivity contribution in [1.29, 1.82) is 0 Å². The molecule has 278 valence electrons. The molecule has 0 unspecified atom stereocenters. The summed E-state index contributed by atoms with van der Waals surface area (Å²) in [5.41, 5.74) is 13.2. The summed E-state index contributed by atoms with van der Waals surface area (Å²) in [4.78, 5) is 10.7. The van der Waals surface area contributed by atoms with E-state index in [1.807, 2.05) is 0 Å². The molecule has 0 atom stereocenters. The summed E-state index contributed by atoms with van der Waals surface area (Å²) in [6.07, 6.45) is 0. The highest BCUT2D eigenvalue weighted by molar-refractivity contribution is 6.10. The minimum absolute atomic E-state index is 0.953. The Bertz CT molecular complexity index is 3420. The lowest BCUT2D eigenvalue weighted by molar-refractivity contribution is 1.40. The van der Waals surface area contributed by atoms with Gasteiger partial charge in [0.25, 0.3) is 0 Å². The molecule has 0 N–H and O–H groups in total. The maximum absolute atomic E-state index is 5.35. The summed E-state index contributed by atoms with van der Waals surface area (Å²) in [6.45, 7) is 0. The van der Waals surface area contributed by atoms with Crippen LogP contribution in [0.25, 0.3) is 121 Å². The van der Waals surface area contributed by atoms with Crippen LogP contribution in [0.3, 0.4) is 0 Å². The molecule has 0 bridgehead atoms. The molecule has 12 aromatic rings. The second-order valence-electron chi connectivity index (χ2n) is 15.8. The minimum Gasteiger partial charge on any atom is -0.247 e. The highest BCUT2D eigenvalue weighted by Gasteiger charge is 2.13. The van der Waals surface area contributed by atoms with E-state index in [0.717, 1.165) is 66.2 Å². The number of pyridine rings is 2. The molecule has 0 aliphatic carbocycles. The van der Waals surface area contributed by atoms with Gasteiger partial charge in [-0.2, -0.15) is 0 Å². The fourth-order valence-corrected chi connectivity index (χ4v) is 9.14. The Morgan fingerprint density at radius 3 is 1.08 bits per heavy atom. The Morgan fingerprint density at radius 2 is 0.583 bits per heavy atom. The summed E-state index contributed by atoms with van der Waals surface area (Å²) in [7, 11) is 0. The molecule has 2 aromatic heterocycles. The van der Waals surface area contributed by atoms with Crippen LogP contribution < -0.4 is 0 Å². The quantitative estimate of drug-likeness (QED) is 0.163. The largest absolute Gasteiger partial charge is 0.247 e. The van der Waals surface area contributed by atoms with Crippen molar-refractivity contribution in [3.8, 4) is 55.9 Å². The number of rotatable bonds is 5. The van der Waals surface area contributed by atoms with Crippen LogP contribution in [0.15, 0.2) is 218 Å². The molecular formula is C58H36N2. The molecule has 60 heavy (non-hydrogen) atoms. The second-order valence-corrected chi connectivity index (χ2v) is 15.8. The van der Waals surface area contributed by atoms with Gasteiger partial charge in [0.2, 0.25) is 0 Å². The van der Waals surface area contributed by atoms with Gasteiger partial charge in [-0.3, -0.25) is 0 Å². The Balaban J connectivity index is 0.913. The molecule has 0 spiro atoms. The number of benzene rings is 10. The third-order valence-corrected chi connectivity index (χ3v) is 12.2. The first-order valence-electron chi connectivity index (χ1n) is 20.5. The predicted octanol–water partition coefficient (Wildman–Crippen LogP) is 15.7. The molecule has 10 aromatic carbocycles. The average molecular weight is 761 g/mol. The Morgan fingerprint density at radius 1 is 0.217 bits per heavy atom. The van der Waals surface area contributed by atoms with Crippen LogP contribution in [-0.4, -0.2) is 9.97 Å². The van der Waals surface area contributed by atoms with Crippen molar-refractivity contribution < 1.29 is 0 Å². The van der Waals surface area contributed by atoms with E-state index < -0.39 is 0 Å². The minimum atomic E-state index is 0.953. The molecule has 0 amide bonds. The van der Waals surface area contributed by atoms with Gasteiger partial charge in [0, 0.05) is 32.7 Å². The van der Waals surface area contributed by atoms with E-state index in [4.69, 9.17) is 9.97 Å². The van der Waals surface area contributed by atoms with Gasteiger partial charge in [-0.15, -0.1) is 0 Å². The number of aromatic nitrogens is 2. The zero-order valence-electron chi connectivity index (χ0n) is 32.7. The van der Waals surface area contributed by atoms with Crippen LogP contribution >= 0.6 is 0 Å². The van der Waals surface area contributed by atoms with Gasteiger partial charge in [0.05, 0.1) is 22.4 Å². The Kier molecular flexibility index (Phi) is 7.89. The van der Waals surface area contributed by atoms with Crippen molar-refractivity contribution in [2.45, 2.75) is 0 Å². The molecule has 2 nitrogen and oxygen atoms in total. The molecule has 0 aliphatic heterocycles. The first-order valence-corrected chi connectivity index (χ1v) is 20.5. The monoisotopic (exact) mass is 760 g/mol. The second kappa shape index (κ2) is 13.9. The molecule has 0 aliphatic rings. The van der Waals surface area contributed by atoms with E-state index in [-0.39, 0.29) is 0 Å². The van der Waals surface area contributed by atoms with E-state index in [9.17, 15) is 0 Å². The summed E-state index contributed by atoms with van der Waals surface area (Å²) >= 11 is 0. The van der Waals surface area contributed by atoms with Crippen LogP contribution in [0.4, 0.5) is 0 Å². The summed E-state index contributed by atoms with van der Waals surface area (Å²) < 4.78 is 0. The molecule has 0 radical (unpaired) electrons. The van der Waals surface area contributed by atoms with Crippen LogP contribution in [0.2, 0.25) is 0 Å². The fourth-order valence-electron chi connectivity index (χ4n) is 9.14. The van der Waals surface area contributed by atoms with E-state index in [2.05, 4.69) is 218 Å². The molecule has 12 rings (SSSR count). The van der Waals surface area contributed by atoms with Crippen LogP contribution in [0.1, 0.15) is 0 Å². The number of nitrogens with zero attached hydrogens (tertiary/aromatic N) is 2. The van der Waals surface area contributed by atoms with Crippen LogP contribution in [-0.2, 0) is 0 Å². The number of fused-ring (bicyclic) bond motifs is 8. The van der Waals surface area contributed by atoms with Gasteiger partial charge in [-0.1, -0.05) is 182 Å². The fraction of sp³-hybridized carbons (Fsp3) is 0. The topological polar surface area (TPSA) is 25.8 Å². The smallest absolute Gasteiger partial charge is 0.0788 e. The van der Waals surface area contributed by atoms with Crippen molar-refractivity contribution >= 4 is 64.9 Å². The van der Waals surface area contributed by atoms with Crippen LogP contribution in [0, 0.1) is 0 Å². The first kappa shape index (κ1) is 34.1. The average Bonchev–Trinajstić information content (AvgIpc) is 3.33. The van der Waals surface area contributed by atoms with E-state index in [0.29, 0.717) is 0 Å². The summed E-state index contributed by atoms with van der Waals surface area (Å²) in [6, 6.07) is 78.8. The van der Waals surface area contributed by atoms with Gasteiger partial charge >= 0.3 is 0 Å². The third kappa shape index (κ3) is 5.81. The Hall–Kier alpha value is -7.94. The summed E-state index contributed by atoms with van der Waals surface area (Å²) in [5.74, 6) is 0. The maximum atomic E-state index is 5.35. The molecule has 0 saturated heterocycles. The molecule has 0 fully saturated rings. The van der Waals surface area contributed by atoms with Gasteiger partial charge < -0.3 is 0 Å². The molecular weight excluding hydrogens is 725 g/mol. The predicted molar refractivity (Wildman–Crippen MR) is 254 cm³/mol. The molecule has 2 heterocycles. The maximum Gasteiger partial charge on any atom is 0.0788 e. The zero-order chi connectivity index (χ0) is 39.6. The number of hydrogen-bond donors (Lipinski definition) is 0. The molecule has 0 saturated carbocycles. The van der Waals surface area contributed by atoms with Crippen molar-refractivity contribution in [2.24, 2.45) is 0 Å². The first-order chi connectivity index (χ1) is 29.7. The lowest BCUT2D eigenvalue weighted by atomic mass is 9.95. The highest BCUT2D eigenvalue weighted by atomic mass is 14.7. The van der Waals surface area contributed by atoms with Crippen molar-refractivity contribution in [2.75, 3.05) is 0 Å². The van der Waals surface area contributed by atoms with Crippen molar-refractivity contribution in [1.82, 2.24) is 9.97 Å². The summed E-state index contributed by atoms with van der Waals surface area (Å²) in [5, 5.41) is 11.9. The van der Waals surface area contributed by atoms with Gasteiger partial charge in [0.15, 0.2) is 0 Å². The third-order valence-electron chi connectivity index (χ3n) is 12.2. The Labute approximate surface area is 347 Å². The van der Waals surface area contributed by atoms with Crippen molar-refractivity contribution in [3.05, 3.63) is 218 Å². The lowest BCUT2D eigenvalue weighted by Gasteiger charge is -2.12. The molecule has 2 heteroatoms. The highest BCUT2D eigenvalue weighted by Crippen LogP contribution is 2.37. The van der Waals surface area contributed by atoms with Gasteiger partial charge in [-0.05, 0) is 102 Å². The van der Waals surface area contributed by atoms with Crippen molar-refractivity contribution in [3.63, 3.8) is 0 Å². The SMILES string of the molecule is c1cc(-c2cccc(-c3ccc4ccc5ccc(-c6cccc7ccccc67)cc5c4n3)c2)cc(-c2ccc3ccc4ccc(-c5cccc6ccccc56)cc4c3n2)c1. The van der Waals surface area contributed by atoms with E-state index >= 15 is 0 Å². The van der Waals surface area contributed by atoms with Gasteiger partial charge in [0.1, 0.15) is 0 Å². The van der Waals surface area contributed by atoms with Gasteiger partial charge in [-0.25, -0.2) is 9.97 Å². The standard InChI is InChI=1S/C58H36N2/c1-3-17-49-37(9-1)11-7-19-51(49)45-27-23-39-21-25-41-29-31-55(59-57(41)53(39)35-45)47-15-5-13-43(33-47)44-14-6-16-48(34-44)56-32-30-42-26-22-40-24-28-46(36-54(40)58(42)60-56)52-20-8-12-38-10-2-4-18-50(38)52/h1-36H. The van der Waals surface area contributed by atoms with Crippen LogP contribution in [0.5, 0.6) is 0 Å².